The molecule has 7 nitrogen and oxygen atoms in total. The van der Waals surface area contributed by atoms with Crippen LogP contribution >= 0.6 is 11.6 Å². The van der Waals surface area contributed by atoms with Crippen LogP contribution < -0.4 is 4.72 Å². The van der Waals surface area contributed by atoms with E-state index < -0.39 is 16.0 Å². The van der Waals surface area contributed by atoms with Crippen LogP contribution in [0.15, 0.2) is 18.5 Å². The second kappa shape index (κ2) is 6.97. The summed E-state index contributed by atoms with van der Waals surface area (Å²) in [7, 11) is -2.28. The van der Waals surface area contributed by atoms with Gasteiger partial charge in [-0.15, -0.1) is 11.6 Å². The molecule has 2 N–H and O–H groups in total. The molecule has 0 spiro atoms. The molecule has 0 amide bonds. The van der Waals surface area contributed by atoms with Gasteiger partial charge in [-0.2, -0.15) is 0 Å². The number of alkyl halides is 1. The average molecular weight is 346 g/mol. The van der Waals surface area contributed by atoms with Crippen molar-refractivity contribution in [2.24, 2.45) is 0 Å². The van der Waals surface area contributed by atoms with Crippen molar-refractivity contribution >= 4 is 44.3 Å². The quantitative estimate of drug-likeness (QED) is 0.454. The van der Waals surface area contributed by atoms with Gasteiger partial charge in [0.2, 0.25) is 10.0 Å². The Hall–Kier alpha value is -1.80. The van der Waals surface area contributed by atoms with E-state index in [2.05, 4.69) is 19.4 Å². The van der Waals surface area contributed by atoms with Crippen molar-refractivity contribution in [2.75, 3.05) is 23.5 Å². The number of imidazole rings is 1. The average Bonchev–Trinajstić information content (AvgIpc) is 2.94. The molecule has 0 radical (unpaired) electrons. The van der Waals surface area contributed by atoms with E-state index in [0.29, 0.717) is 29.8 Å². The van der Waals surface area contributed by atoms with Gasteiger partial charge in [-0.05, 0) is 25.0 Å². The van der Waals surface area contributed by atoms with Gasteiger partial charge in [0, 0.05) is 5.88 Å². The summed E-state index contributed by atoms with van der Waals surface area (Å²) in [5.74, 6) is -0.190. The van der Waals surface area contributed by atoms with E-state index >= 15 is 0 Å². The number of aromatic amines is 1. The lowest BCUT2D eigenvalue weighted by Gasteiger charge is -2.10. The number of nitrogens with zero attached hydrogens (tertiary/aromatic N) is 1. The number of methoxy groups -OCH3 is 1. The molecule has 2 aromatic rings. The number of H-pyrrole nitrogens is 1. The van der Waals surface area contributed by atoms with E-state index in [9.17, 15) is 13.2 Å². The monoisotopic (exact) mass is 345 g/mol. The number of ether oxygens (including phenoxy) is 1. The molecule has 0 unspecified atom stereocenters. The fourth-order valence-electron chi connectivity index (χ4n) is 1.97. The predicted molar refractivity (Wildman–Crippen MR) is 84.8 cm³/mol. The Labute approximate surface area is 133 Å². The van der Waals surface area contributed by atoms with E-state index in [1.165, 1.54) is 19.5 Å². The van der Waals surface area contributed by atoms with E-state index in [1.807, 2.05) is 0 Å². The van der Waals surface area contributed by atoms with Gasteiger partial charge >= 0.3 is 5.97 Å². The summed E-state index contributed by atoms with van der Waals surface area (Å²) in [6, 6.07) is 2.97. The molecule has 1 aromatic carbocycles. The first-order valence-corrected chi connectivity index (χ1v) is 8.77. The number of rotatable bonds is 7. The van der Waals surface area contributed by atoms with Gasteiger partial charge in [-0.1, -0.05) is 0 Å². The first-order chi connectivity index (χ1) is 10.5. The van der Waals surface area contributed by atoms with E-state index in [-0.39, 0.29) is 17.0 Å². The van der Waals surface area contributed by atoms with Crippen molar-refractivity contribution in [1.29, 1.82) is 0 Å². The molecule has 2 rings (SSSR count). The maximum Gasteiger partial charge on any atom is 0.338 e. The third kappa shape index (κ3) is 3.89. The number of fused-ring (bicyclic) bond motifs is 1. The summed E-state index contributed by atoms with van der Waals surface area (Å²) in [6.45, 7) is 0. The number of carbonyl (C=O) groups excluding carboxylic acids is 1. The lowest BCUT2D eigenvalue weighted by atomic mass is 10.2. The summed E-state index contributed by atoms with van der Waals surface area (Å²) < 4.78 is 31.3. The minimum Gasteiger partial charge on any atom is -0.465 e. The van der Waals surface area contributed by atoms with Crippen molar-refractivity contribution in [2.45, 2.75) is 12.8 Å². The molecular formula is C13H16ClN3O4S. The predicted octanol–water partition coefficient (Wildman–Crippen LogP) is 2.11. The number of hydrogen-bond donors (Lipinski definition) is 2. The fraction of sp³-hybridized carbons (Fsp3) is 0.385. The Kier molecular flexibility index (Phi) is 5.25. The molecule has 0 fully saturated rings. The molecule has 0 aliphatic rings. The van der Waals surface area contributed by atoms with Gasteiger partial charge in [0.15, 0.2) is 0 Å². The molecule has 0 bridgehead atoms. The van der Waals surface area contributed by atoms with Crippen LogP contribution in [0.4, 0.5) is 5.69 Å². The standard InChI is InChI=1S/C13H16ClN3O4S/c1-21-13(18)9-6-10-12(16-8-15-10)11(7-9)17-22(19,20)5-3-2-4-14/h6-8,17H,2-5H2,1H3,(H,15,16). The number of aromatic nitrogens is 2. The maximum atomic E-state index is 12.1. The Bertz CT molecular complexity index is 773. The molecule has 22 heavy (non-hydrogen) atoms. The van der Waals surface area contributed by atoms with E-state index in [0.717, 1.165) is 0 Å². The van der Waals surface area contributed by atoms with Crippen LogP contribution in [0.25, 0.3) is 11.0 Å². The van der Waals surface area contributed by atoms with Crippen LogP contribution in [0.2, 0.25) is 0 Å². The van der Waals surface area contributed by atoms with Gasteiger partial charge < -0.3 is 9.72 Å². The molecule has 1 heterocycles. The van der Waals surface area contributed by atoms with Crippen molar-refractivity contribution in [3.8, 4) is 0 Å². The first kappa shape index (κ1) is 16.6. The van der Waals surface area contributed by atoms with Crippen LogP contribution in [0.5, 0.6) is 0 Å². The highest BCUT2D eigenvalue weighted by Gasteiger charge is 2.17. The fourth-order valence-corrected chi connectivity index (χ4v) is 3.33. The lowest BCUT2D eigenvalue weighted by molar-refractivity contribution is 0.0601. The Morgan fingerprint density at radius 2 is 2.18 bits per heavy atom. The minimum absolute atomic E-state index is 0.0475. The molecule has 0 aliphatic heterocycles. The summed E-state index contributed by atoms with van der Waals surface area (Å²) in [5.41, 5.74) is 1.46. The largest absolute Gasteiger partial charge is 0.465 e. The van der Waals surface area contributed by atoms with E-state index in [4.69, 9.17) is 11.6 Å². The molecule has 0 aliphatic carbocycles. The SMILES string of the molecule is COC(=O)c1cc(NS(=O)(=O)CCCCCl)c2nc[nH]c2c1. The Morgan fingerprint density at radius 3 is 2.86 bits per heavy atom. The number of benzene rings is 1. The van der Waals surface area contributed by atoms with Crippen molar-refractivity contribution in [3.05, 3.63) is 24.0 Å². The number of carbonyl (C=O) groups is 1. The van der Waals surface area contributed by atoms with Crippen LogP contribution in [-0.2, 0) is 14.8 Å². The molecule has 0 saturated heterocycles. The van der Waals surface area contributed by atoms with Crippen LogP contribution in [0.1, 0.15) is 23.2 Å². The minimum atomic E-state index is -3.54. The highest BCUT2D eigenvalue weighted by Crippen LogP contribution is 2.24. The molecule has 1 aromatic heterocycles. The van der Waals surface area contributed by atoms with Crippen molar-refractivity contribution in [1.82, 2.24) is 9.97 Å². The number of halogens is 1. The Morgan fingerprint density at radius 1 is 1.41 bits per heavy atom. The number of hydrogen-bond acceptors (Lipinski definition) is 5. The van der Waals surface area contributed by atoms with Crippen LogP contribution in [0.3, 0.4) is 0 Å². The molecule has 0 atom stereocenters. The lowest BCUT2D eigenvalue weighted by Crippen LogP contribution is -2.17. The van der Waals surface area contributed by atoms with Gasteiger partial charge in [-0.3, -0.25) is 4.72 Å². The summed E-state index contributed by atoms with van der Waals surface area (Å²) >= 11 is 5.54. The summed E-state index contributed by atoms with van der Waals surface area (Å²) in [4.78, 5) is 18.6. The smallest absolute Gasteiger partial charge is 0.338 e. The van der Waals surface area contributed by atoms with Gasteiger partial charge in [0.1, 0.15) is 5.52 Å². The van der Waals surface area contributed by atoms with Crippen molar-refractivity contribution in [3.63, 3.8) is 0 Å². The second-order valence-electron chi connectivity index (χ2n) is 4.63. The highest BCUT2D eigenvalue weighted by molar-refractivity contribution is 7.92. The number of unbranched alkanes of at least 4 members (excludes halogenated alkanes) is 1. The van der Waals surface area contributed by atoms with E-state index in [1.54, 1.807) is 6.07 Å². The van der Waals surface area contributed by atoms with Gasteiger partial charge in [0.25, 0.3) is 0 Å². The second-order valence-corrected chi connectivity index (χ2v) is 6.85. The van der Waals surface area contributed by atoms with Crippen LogP contribution in [-0.4, -0.2) is 43.1 Å². The molecular weight excluding hydrogens is 330 g/mol. The number of sulfonamides is 1. The number of esters is 1. The third-order valence-electron chi connectivity index (χ3n) is 3.01. The molecule has 9 heteroatoms. The highest BCUT2D eigenvalue weighted by atomic mass is 35.5. The Balaban J connectivity index is 2.33. The van der Waals surface area contributed by atoms with Gasteiger partial charge in [0.05, 0.1) is 36.0 Å². The maximum absolute atomic E-state index is 12.1. The zero-order valence-electron chi connectivity index (χ0n) is 11.9. The topological polar surface area (TPSA) is 101 Å². The summed E-state index contributed by atoms with van der Waals surface area (Å²) in [6.07, 6.45) is 2.50. The van der Waals surface area contributed by atoms with Crippen LogP contribution in [0, 0.1) is 0 Å². The number of nitrogens with one attached hydrogen (secondary N) is 2. The van der Waals surface area contributed by atoms with Gasteiger partial charge in [-0.25, -0.2) is 18.2 Å². The normalized spacial score (nSPS) is 11.5. The molecule has 120 valence electrons. The summed E-state index contributed by atoms with van der Waals surface area (Å²) in [5, 5.41) is 0. The number of anilines is 1. The molecule has 0 saturated carbocycles. The zero-order valence-corrected chi connectivity index (χ0v) is 13.5. The third-order valence-corrected chi connectivity index (χ3v) is 4.63. The first-order valence-electron chi connectivity index (χ1n) is 6.59. The zero-order chi connectivity index (χ0) is 16.2. The van der Waals surface area contributed by atoms with Crippen molar-refractivity contribution < 1.29 is 17.9 Å².